The van der Waals surface area contributed by atoms with Crippen molar-refractivity contribution in [2.24, 2.45) is 4.99 Å². The number of hydrogen-bond donors (Lipinski definition) is 1. The van der Waals surface area contributed by atoms with Crippen LogP contribution in [0.15, 0.2) is 40.6 Å². The van der Waals surface area contributed by atoms with Crippen LogP contribution in [0, 0.1) is 0 Å². The Kier molecular flexibility index (Phi) is 5.00. The van der Waals surface area contributed by atoms with Gasteiger partial charge >= 0.3 is 5.97 Å². The summed E-state index contributed by atoms with van der Waals surface area (Å²) in [6.45, 7) is 2.72. The van der Waals surface area contributed by atoms with Gasteiger partial charge in [-0.1, -0.05) is 12.1 Å². The molecule has 1 aromatic rings. The minimum absolute atomic E-state index is 0.0969. The Bertz CT molecular complexity index is 554. The predicted octanol–water partition coefficient (Wildman–Crippen LogP) is 2.60. The number of hydrogen-bond acceptors (Lipinski definition) is 5. The number of carbonyl (C=O) groups excluding carboxylic acids is 2. The van der Waals surface area contributed by atoms with E-state index in [0.717, 1.165) is 0 Å². The smallest absolute Gasteiger partial charge is 0.340 e. The van der Waals surface area contributed by atoms with Crippen molar-refractivity contribution in [2.75, 3.05) is 7.11 Å². The number of aliphatic hydroxyl groups is 1. The number of rotatable bonds is 4. The number of Topliss-reactive ketones (excluding diaryl/α,β-unsaturated/α-hetero) is 1. The summed E-state index contributed by atoms with van der Waals surface area (Å²) in [5.74, 6) is -0.937. The molecule has 1 aromatic carbocycles. The maximum Gasteiger partial charge on any atom is 0.340 e. The monoisotopic (exact) mass is 261 g/mol. The number of para-hydroxylation sites is 1. The Labute approximate surface area is 111 Å². The van der Waals surface area contributed by atoms with Crippen LogP contribution in [0.4, 0.5) is 5.69 Å². The minimum atomic E-state index is -0.512. The fourth-order valence-corrected chi connectivity index (χ4v) is 1.44. The Morgan fingerprint density at radius 1 is 1.26 bits per heavy atom. The molecule has 0 atom stereocenters. The molecule has 0 spiro atoms. The van der Waals surface area contributed by atoms with Crippen molar-refractivity contribution in [2.45, 2.75) is 13.8 Å². The average Bonchev–Trinajstić information content (AvgIpc) is 2.37. The molecule has 5 nitrogen and oxygen atoms in total. The number of ether oxygens (including phenoxy) is 1. The first-order chi connectivity index (χ1) is 8.97. The Morgan fingerprint density at radius 3 is 2.42 bits per heavy atom. The normalized spacial score (nSPS) is 12.2. The van der Waals surface area contributed by atoms with Gasteiger partial charge in [0.15, 0.2) is 5.78 Å². The molecular weight excluding hydrogens is 246 g/mol. The number of ketones is 1. The molecule has 0 amide bonds. The van der Waals surface area contributed by atoms with Gasteiger partial charge in [-0.25, -0.2) is 4.79 Å². The third-order valence-electron chi connectivity index (χ3n) is 2.41. The van der Waals surface area contributed by atoms with Gasteiger partial charge in [0.05, 0.1) is 23.9 Å². The summed E-state index contributed by atoms with van der Waals surface area (Å²) in [4.78, 5) is 26.9. The number of carbonyl (C=O) groups is 2. The Hall–Kier alpha value is -2.43. The number of methoxy groups -OCH3 is 1. The Balaban J connectivity index is 3.16. The van der Waals surface area contributed by atoms with E-state index >= 15 is 0 Å². The number of allylic oxidation sites excluding steroid dienone is 2. The maximum atomic E-state index is 11.5. The molecular formula is C14H15NO4. The van der Waals surface area contributed by atoms with Gasteiger partial charge in [-0.3, -0.25) is 9.79 Å². The van der Waals surface area contributed by atoms with Crippen LogP contribution < -0.4 is 0 Å². The summed E-state index contributed by atoms with van der Waals surface area (Å²) < 4.78 is 4.64. The van der Waals surface area contributed by atoms with Gasteiger partial charge in [0.1, 0.15) is 5.76 Å². The van der Waals surface area contributed by atoms with Crippen LogP contribution in [-0.4, -0.2) is 30.2 Å². The van der Waals surface area contributed by atoms with Gasteiger partial charge in [0, 0.05) is 6.21 Å². The molecule has 0 aliphatic rings. The zero-order valence-corrected chi connectivity index (χ0v) is 11.0. The highest BCUT2D eigenvalue weighted by Crippen LogP contribution is 2.19. The number of benzene rings is 1. The molecule has 0 aliphatic heterocycles. The molecule has 1 N–H and O–H groups in total. The van der Waals surface area contributed by atoms with Gasteiger partial charge in [-0.2, -0.15) is 0 Å². The van der Waals surface area contributed by atoms with Gasteiger partial charge < -0.3 is 9.84 Å². The summed E-state index contributed by atoms with van der Waals surface area (Å²) >= 11 is 0. The predicted molar refractivity (Wildman–Crippen MR) is 71.9 cm³/mol. The Morgan fingerprint density at radius 2 is 1.89 bits per heavy atom. The van der Waals surface area contributed by atoms with Crippen LogP contribution in [0.25, 0.3) is 0 Å². The third kappa shape index (κ3) is 3.77. The minimum Gasteiger partial charge on any atom is -0.512 e. The molecule has 5 heteroatoms. The van der Waals surface area contributed by atoms with Crippen LogP contribution in [-0.2, 0) is 9.53 Å². The van der Waals surface area contributed by atoms with Crippen LogP contribution >= 0.6 is 0 Å². The van der Waals surface area contributed by atoms with Crippen molar-refractivity contribution in [3.63, 3.8) is 0 Å². The quantitative estimate of drug-likeness (QED) is 0.391. The first-order valence-electron chi connectivity index (χ1n) is 5.59. The zero-order valence-electron chi connectivity index (χ0n) is 11.0. The lowest BCUT2D eigenvalue weighted by Gasteiger charge is -2.03. The molecule has 0 saturated heterocycles. The van der Waals surface area contributed by atoms with Gasteiger partial charge in [-0.05, 0) is 26.0 Å². The number of aliphatic imine (C=N–C) groups is 1. The van der Waals surface area contributed by atoms with E-state index in [2.05, 4.69) is 9.73 Å². The first kappa shape index (κ1) is 14.6. The molecule has 100 valence electrons. The van der Waals surface area contributed by atoms with Gasteiger partial charge in [0.25, 0.3) is 0 Å². The van der Waals surface area contributed by atoms with Gasteiger partial charge in [-0.15, -0.1) is 0 Å². The largest absolute Gasteiger partial charge is 0.512 e. The lowest BCUT2D eigenvalue weighted by molar-refractivity contribution is -0.113. The van der Waals surface area contributed by atoms with E-state index in [-0.39, 0.29) is 17.1 Å². The van der Waals surface area contributed by atoms with Crippen molar-refractivity contribution < 1.29 is 19.4 Å². The van der Waals surface area contributed by atoms with E-state index in [1.54, 1.807) is 24.3 Å². The number of nitrogens with zero attached hydrogens (tertiary/aromatic N) is 1. The molecule has 0 aliphatic carbocycles. The summed E-state index contributed by atoms with van der Waals surface area (Å²) in [6, 6.07) is 6.58. The first-order valence-corrected chi connectivity index (χ1v) is 5.59. The average molecular weight is 261 g/mol. The fourth-order valence-electron chi connectivity index (χ4n) is 1.44. The van der Waals surface area contributed by atoms with E-state index in [9.17, 15) is 14.7 Å². The third-order valence-corrected chi connectivity index (χ3v) is 2.41. The molecule has 0 saturated carbocycles. The summed E-state index contributed by atoms with van der Waals surface area (Å²) in [5, 5.41) is 9.36. The van der Waals surface area contributed by atoms with Gasteiger partial charge in [0.2, 0.25) is 0 Å². The lowest BCUT2D eigenvalue weighted by Crippen LogP contribution is -2.03. The van der Waals surface area contributed by atoms with Crippen molar-refractivity contribution in [1.82, 2.24) is 0 Å². The molecule has 1 rings (SSSR count). The van der Waals surface area contributed by atoms with Crippen LogP contribution in [0.1, 0.15) is 24.2 Å². The molecule has 0 heterocycles. The van der Waals surface area contributed by atoms with Crippen LogP contribution in [0.3, 0.4) is 0 Å². The van der Waals surface area contributed by atoms with Crippen molar-refractivity contribution in [3.05, 3.63) is 41.2 Å². The van der Waals surface area contributed by atoms with Crippen molar-refractivity contribution >= 4 is 23.7 Å². The second-order valence-electron chi connectivity index (χ2n) is 3.82. The summed E-state index contributed by atoms with van der Waals surface area (Å²) in [6.07, 6.45) is 1.24. The van der Waals surface area contributed by atoms with Crippen LogP contribution in [0.5, 0.6) is 0 Å². The summed E-state index contributed by atoms with van der Waals surface area (Å²) in [5.41, 5.74) is 0.758. The van der Waals surface area contributed by atoms with Crippen molar-refractivity contribution in [3.8, 4) is 0 Å². The second kappa shape index (κ2) is 6.49. The highest BCUT2D eigenvalue weighted by Gasteiger charge is 2.10. The molecule has 0 unspecified atom stereocenters. The standard InChI is InChI=1S/C14H15NO4/c1-9(16)12(10(2)17)8-15-13-7-5-4-6-11(13)14(18)19-3/h4-8,16H,1-3H3/b12-9+,15-8?. The van der Waals surface area contributed by atoms with E-state index in [1.807, 2.05) is 0 Å². The second-order valence-corrected chi connectivity index (χ2v) is 3.82. The number of aliphatic hydroxyl groups excluding tert-OH is 1. The molecule has 0 fully saturated rings. The van der Waals surface area contributed by atoms with E-state index in [0.29, 0.717) is 11.3 Å². The van der Waals surface area contributed by atoms with E-state index < -0.39 is 5.97 Å². The number of esters is 1. The molecule has 19 heavy (non-hydrogen) atoms. The zero-order chi connectivity index (χ0) is 14.4. The lowest BCUT2D eigenvalue weighted by atomic mass is 10.1. The highest BCUT2D eigenvalue weighted by molar-refractivity contribution is 6.13. The van der Waals surface area contributed by atoms with Crippen LogP contribution in [0.2, 0.25) is 0 Å². The van der Waals surface area contributed by atoms with E-state index in [4.69, 9.17) is 0 Å². The molecule has 0 radical (unpaired) electrons. The summed E-state index contributed by atoms with van der Waals surface area (Å²) in [7, 11) is 1.28. The maximum absolute atomic E-state index is 11.5. The van der Waals surface area contributed by atoms with E-state index in [1.165, 1.54) is 27.2 Å². The SMILES string of the molecule is COC(=O)c1ccccc1N=C/C(C(C)=O)=C(/C)O. The molecule has 0 bridgehead atoms. The topological polar surface area (TPSA) is 76.0 Å². The fraction of sp³-hybridized carbons (Fsp3) is 0.214. The van der Waals surface area contributed by atoms with Crippen molar-refractivity contribution in [1.29, 1.82) is 0 Å². The highest BCUT2D eigenvalue weighted by atomic mass is 16.5. The molecule has 0 aromatic heterocycles.